The normalized spacial score (nSPS) is 10.9. The van der Waals surface area contributed by atoms with Gasteiger partial charge in [0.25, 0.3) is 11.2 Å². The van der Waals surface area contributed by atoms with Gasteiger partial charge in [-0.25, -0.2) is 9.97 Å². The predicted octanol–water partition coefficient (Wildman–Crippen LogP) is 5.88. The zero-order valence-corrected chi connectivity index (χ0v) is 17.8. The molecule has 0 aliphatic rings. The lowest BCUT2D eigenvalue weighted by atomic mass is 10.00. The van der Waals surface area contributed by atoms with Crippen LogP contribution in [0, 0.1) is 10.1 Å². The number of rotatable bonds is 4. The van der Waals surface area contributed by atoms with Crippen LogP contribution in [0.5, 0.6) is 0 Å². The van der Waals surface area contributed by atoms with Gasteiger partial charge >= 0.3 is 0 Å². The molecule has 2 aromatic heterocycles. The number of nitro benzene ring substituents is 1. The molecule has 2 heterocycles. The van der Waals surface area contributed by atoms with Gasteiger partial charge in [-0.2, -0.15) is 0 Å². The summed E-state index contributed by atoms with van der Waals surface area (Å²) < 4.78 is 0. The van der Waals surface area contributed by atoms with Crippen molar-refractivity contribution in [1.82, 2.24) is 15.0 Å². The summed E-state index contributed by atoms with van der Waals surface area (Å²) in [6.45, 7) is 0. The minimum atomic E-state index is -0.462. The lowest BCUT2D eigenvalue weighted by Crippen LogP contribution is -2.12. The van der Waals surface area contributed by atoms with Crippen molar-refractivity contribution in [3.63, 3.8) is 0 Å². The van der Waals surface area contributed by atoms with Gasteiger partial charge < -0.3 is 4.98 Å². The lowest BCUT2D eigenvalue weighted by Gasteiger charge is -2.11. The minimum absolute atomic E-state index is 0.0301. The van der Waals surface area contributed by atoms with Gasteiger partial charge in [0.1, 0.15) is 5.82 Å². The molecule has 8 heteroatoms. The number of aromatic nitrogens is 3. The first-order chi connectivity index (χ1) is 16.0. The molecule has 5 aromatic rings. The van der Waals surface area contributed by atoms with E-state index in [1.165, 1.54) is 12.1 Å². The lowest BCUT2D eigenvalue weighted by molar-refractivity contribution is -0.384. The molecule has 7 nitrogen and oxygen atoms in total. The molecule has 3 aromatic carbocycles. The molecule has 0 saturated heterocycles. The van der Waals surface area contributed by atoms with Crippen LogP contribution in [0.15, 0.2) is 89.7 Å². The van der Waals surface area contributed by atoms with Gasteiger partial charge in [-0.15, -0.1) is 0 Å². The molecular formula is C25H15ClN4O3. The summed E-state index contributed by atoms with van der Waals surface area (Å²) in [7, 11) is 0. The average Bonchev–Trinajstić information content (AvgIpc) is 2.84. The number of nitro groups is 1. The molecule has 33 heavy (non-hydrogen) atoms. The van der Waals surface area contributed by atoms with Crippen LogP contribution < -0.4 is 5.56 Å². The molecule has 0 amide bonds. The Labute approximate surface area is 192 Å². The smallest absolute Gasteiger partial charge is 0.269 e. The highest BCUT2D eigenvalue weighted by Gasteiger charge is 2.16. The van der Waals surface area contributed by atoms with Gasteiger partial charge in [0.15, 0.2) is 5.65 Å². The van der Waals surface area contributed by atoms with Crippen molar-refractivity contribution < 1.29 is 4.92 Å². The summed E-state index contributed by atoms with van der Waals surface area (Å²) in [6, 6.07) is 24.4. The van der Waals surface area contributed by atoms with Crippen LogP contribution in [0.4, 0.5) is 5.69 Å². The van der Waals surface area contributed by atoms with E-state index in [-0.39, 0.29) is 16.9 Å². The van der Waals surface area contributed by atoms with Crippen molar-refractivity contribution >= 4 is 28.3 Å². The zero-order chi connectivity index (χ0) is 22.9. The standard InChI is InChI=1S/C25H15ClN4O3/c26-18-10-6-17(7-11-18)23-28-24-22(25(31)29-23)20(15-8-12-19(13-9-15)30(32)33)14-21(27-24)16-4-2-1-3-5-16/h1-14H,(H,27,28,29,31). The first kappa shape index (κ1) is 20.5. The summed E-state index contributed by atoms with van der Waals surface area (Å²) in [5.74, 6) is 0.372. The van der Waals surface area contributed by atoms with E-state index in [0.29, 0.717) is 38.6 Å². The highest BCUT2D eigenvalue weighted by atomic mass is 35.5. The van der Waals surface area contributed by atoms with Crippen LogP contribution >= 0.6 is 11.6 Å². The van der Waals surface area contributed by atoms with E-state index < -0.39 is 4.92 Å². The molecule has 0 spiro atoms. The summed E-state index contributed by atoms with van der Waals surface area (Å²) in [6.07, 6.45) is 0. The molecule has 0 aliphatic heterocycles. The Morgan fingerprint density at radius 2 is 1.48 bits per heavy atom. The number of aromatic amines is 1. The number of fused-ring (bicyclic) bond motifs is 1. The summed E-state index contributed by atoms with van der Waals surface area (Å²) in [5.41, 5.74) is 3.32. The fourth-order valence-corrected chi connectivity index (χ4v) is 3.76. The number of pyridine rings is 1. The molecule has 5 rings (SSSR count). The van der Waals surface area contributed by atoms with Crippen LogP contribution in [0.2, 0.25) is 5.02 Å². The first-order valence-corrected chi connectivity index (χ1v) is 10.4. The quantitative estimate of drug-likeness (QED) is 0.270. The molecule has 0 unspecified atom stereocenters. The fourth-order valence-electron chi connectivity index (χ4n) is 3.63. The van der Waals surface area contributed by atoms with Gasteiger partial charge in [0.05, 0.1) is 16.0 Å². The Balaban J connectivity index is 1.78. The monoisotopic (exact) mass is 454 g/mol. The highest BCUT2D eigenvalue weighted by Crippen LogP contribution is 2.31. The number of benzene rings is 3. The number of hydrogen-bond donors (Lipinski definition) is 1. The van der Waals surface area contributed by atoms with E-state index in [9.17, 15) is 14.9 Å². The number of halogens is 1. The van der Waals surface area contributed by atoms with Crippen LogP contribution in [0.3, 0.4) is 0 Å². The fraction of sp³-hybridized carbons (Fsp3) is 0. The van der Waals surface area contributed by atoms with Crippen molar-refractivity contribution in [2.45, 2.75) is 0 Å². The van der Waals surface area contributed by atoms with Crippen LogP contribution in [0.1, 0.15) is 0 Å². The molecule has 160 valence electrons. The van der Waals surface area contributed by atoms with Gasteiger partial charge in [-0.3, -0.25) is 14.9 Å². The number of non-ortho nitro benzene ring substituents is 1. The Morgan fingerprint density at radius 3 is 2.15 bits per heavy atom. The van der Waals surface area contributed by atoms with E-state index in [4.69, 9.17) is 11.6 Å². The van der Waals surface area contributed by atoms with E-state index in [1.54, 1.807) is 42.5 Å². The maximum Gasteiger partial charge on any atom is 0.269 e. The van der Waals surface area contributed by atoms with Gasteiger partial charge in [0, 0.05) is 33.8 Å². The molecule has 0 bridgehead atoms. The van der Waals surface area contributed by atoms with Crippen molar-refractivity contribution in [1.29, 1.82) is 0 Å². The molecular weight excluding hydrogens is 440 g/mol. The molecule has 0 radical (unpaired) electrons. The number of hydrogen-bond acceptors (Lipinski definition) is 5. The van der Waals surface area contributed by atoms with Crippen molar-refractivity contribution in [2.75, 3.05) is 0 Å². The highest BCUT2D eigenvalue weighted by molar-refractivity contribution is 6.30. The van der Waals surface area contributed by atoms with Crippen molar-refractivity contribution in [2.24, 2.45) is 0 Å². The van der Waals surface area contributed by atoms with Gasteiger partial charge in [0.2, 0.25) is 0 Å². The number of nitrogens with one attached hydrogen (secondary N) is 1. The second-order valence-corrected chi connectivity index (χ2v) is 7.78. The number of nitrogens with zero attached hydrogens (tertiary/aromatic N) is 3. The Hall–Kier alpha value is -4.36. The topological polar surface area (TPSA) is 102 Å². The maximum absolute atomic E-state index is 13.2. The second-order valence-electron chi connectivity index (χ2n) is 7.35. The minimum Gasteiger partial charge on any atom is -0.306 e. The summed E-state index contributed by atoms with van der Waals surface area (Å²) in [5, 5.41) is 12.0. The van der Waals surface area contributed by atoms with Crippen molar-refractivity contribution in [3.8, 4) is 33.8 Å². The van der Waals surface area contributed by atoms with Crippen molar-refractivity contribution in [3.05, 3.63) is 110 Å². The first-order valence-electron chi connectivity index (χ1n) is 10.0. The average molecular weight is 455 g/mol. The maximum atomic E-state index is 13.2. The van der Waals surface area contributed by atoms with E-state index in [2.05, 4.69) is 15.0 Å². The summed E-state index contributed by atoms with van der Waals surface area (Å²) >= 11 is 5.99. The van der Waals surface area contributed by atoms with E-state index >= 15 is 0 Å². The molecule has 1 N–H and O–H groups in total. The van der Waals surface area contributed by atoms with Crippen LogP contribution in [-0.2, 0) is 0 Å². The van der Waals surface area contributed by atoms with Crippen LogP contribution in [0.25, 0.3) is 44.8 Å². The third-order valence-corrected chi connectivity index (χ3v) is 5.51. The molecule has 0 atom stereocenters. The zero-order valence-electron chi connectivity index (χ0n) is 17.0. The predicted molar refractivity (Wildman–Crippen MR) is 128 cm³/mol. The molecule has 0 saturated carbocycles. The van der Waals surface area contributed by atoms with E-state index in [0.717, 1.165) is 5.56 Å². The number of H-pyrrole nitrogens is 1. The van der Waals surface area contributed by atoms with E-state index in [1.807, 2.05) is 30.3 Å². The van der Waals surface area contributed by atoms with Gasteiger partial charge in [-0.05, 0) is 48.0 Å². The second kappa shape index (κ2) is 8.29. The Kier molecular flexibility index (Phi) is 5.16. The molecule has 0 aliphatic carbocycles. The molecule has 0 fully saturated rings. The Morgan fingerprint density at radius 1 is 0.818 bits per heavy atom. The SMILES string of the molecule is O=c1[nH]c(-c2ccc(Cl)cc2)nc2nc(-c3ccccc3)cc(-c3ccc([N+](=O)[O-])cc3)c12. The Bertz CT molecular complexity index is 1550. The van der Waals surface area contributed by atoms with Crippen LogP contribution in [-0.4, -0.2) is 19.9 Å². The van der Waals surface area contributed by atoms with Gasteiger partial charge in [-0.1, -0.05) is 41.9 Å². The third-order valence-electron chi connectivity index (χ3n) is 5.25. The largest absolute Gasteiger partial charge is 0.306 e. The third kappa shape index (κ3) is 3.97. The summed E-state index contributed by atoms with van der Waals surface area (Å²) in [4.78, 5) is 35.9.